The molecule has 0 spiro atoms. The average Bonchev–Trinajstić information content (AvgIpc) is 3.00. The third kappa shape index (κ3) is 2.93. The highest BCUT2D eigenvalue weighted by atomic mass is 16.4. The number of rotatable bonds is 3. The smallest absolute Gasteiger partial charge is 0.308 e. The number of carboxylic acid groups (broad SMARTS) is 1. The second kappa shape index (κ2) is 6.64. The summed E-state index contributed by atoms with van der Waals surface area (Å²) in [6.07, 6.45) is 1.52. The van der Waals surface area contributed by atoms with Gasteiger partial charge < -0.3 is 10.0 Å². The molecule has 3 aromatic rings. The lowest BCUT2D eigenvalue weighted by Crippen LogP contribution is -2.39. The van der Waals surface area contributed by atoms with Gasteiger partial charge in [0.15, 0.2) is 5.82 Å². The molecule has 0 amide bonds. The van der Waals surface area contributed by atoms with Gasteiger partial charge >= 0.3 is 5.97 Å². The van der Waals surface area contributed by atoms with Gasteiger partial charge in [-0.1, -0.05) is 18.2 Å². The quantitative estimate of drug-likeness (QED) is 0.768. The standard InChI is InChI=1S/C20H23N5O2/c1-12-7-4-5-9-16(12)25-14(3)17-13(2)21-22-19(18(17)23-25)24-10-6-8-15(11-24)20(26)27/h4-5,7,9,15H,6,8,10-11H2,1-3H3,(H,26,27). The maximum atomic E-state index is 11.4. The Morgan fingerprint density at radius 2 is 1.96 bits per heavy atom. The van der Waals surface area contributed by atoms with E-state index in [9.17, 15) is 9.90 Å². The molecule has 1 saturated heterocycles. The summed E-state index contributed by atoms with van der Waals surface area (Å²) in [4.78, 5) is 13.5. The van der Waals surface area contributed by atoms with E-state index in [4.69, 9.17) is 5.10 Å². The summed E-state index contributed by atoms with van der Waals surface area (Å²) in [5.74, 6) is -0.453. The number of fused-ring (bicyclic) bond motifs is 1. The van der Waals surface area contributed by atoms with Crippen LogP contribution in [-0.4, -0.2) is 44.1 Å². The van der Waals surface area contributed by atoms with Crippen LogP contribution in [-0.2, 0) is 4.79 Å². The van der Waals surface area contributed by atoms with Crippen molar-refractivity contribution in [3.05, 3.63) is 41.2 Å². The van der Waals surface area contributed by atoms with Crippen LogP contribution < -0.4 is 4.90 Å². The van der Waals surface area contributed by atoms with Crippen LogP contribution >= 0.6 is 0 Å². The van der Waals surface area contributed by atoms with E-state index in [1.807, 2.05) is 41.6 Å². The first-order valence-electron chi connectivity index (χ1n) is 9.23. The number of carbonyl (C=O) groups is 1. The summed E-state index contributed by atoms with van der Waals surface area (Å²) in [6.45, 7) is 7.25. The number of hydrogen-bond donors (Lipinski definition) is 1. The molecule has 1 unspecified atom stereocenters. The number of anilines is 1. The van der Waals surface area contributed by atoms with Gasteiger partial charge in [0.05, 0.1) is 28.4 Å². The first kappa shape index (κ1) is 17.5. The predicted molar refractivity (Wildman–Crippen MR) is 103 cm³/mol. The molecule has 1 fully saturated rings. The fourth-order valence-electron chi connectivity index (χ4n) is 3.93. The van der Waals surface area contributed by atoms with E-state index in [-0.39, 0.29) is 5.92 Å². The van der Waals surface area contributed by atoms with Crippen molar-refractivity contribution >= 4 is 22.7 Å². The summed E-state index contributed by atoms with van der Waals surface area (Å²) >= 11 is 0. The van der Waals surface area contributed by atoms with Crippen molar-refractivity contribution in [2.75, 3.05) is 18.0 Å². The number of aliphatic carboxylic acids is 1. The van der Waals surface area contributed by atoms with Crippen LogP contribution in [0.15, 0.2) is 24.3 Å². The van der Waals surface area contributed by atoms with Crippen molar-refractivity contribution in [3.8, 4) is 5.69 Å². The Morgan fingerprint density at radius 3 is 2.70 bits per heavy atom. The van der Waals surface area contributed by atoms with Gasteiger partial charge in [-0.25, -0.2) is 4.68 Å². The van der Waals surface area contributed by atoms with Crippen molar-refractivity contribution < 1.29 is 9.90 Å². The molecule has 4 rings (SSSR count). The number of para-hydroxylation sites is 1. The lowest BCUT2D eigenvalue weighted by atomic mass is 9.98. The van der Waals surface area contributed by atoms with Crippen LogP contribution in [0.5, 0.6) is 0 Å². The predicted octanol–water partition coefficient (Wildman–Crippen LogP) is 3.04. The summed E-state index contributed by atoms with van der Waals surface area (Å²) in [6, 6.07) is 8.12. The van der Waals surface area contributed by atoms with Crippen LogP contribution in [0.4, 0.5) is 5.82 Å². The third-order valence-electron chi connectivity index (χ3n) is 5.40. The van der Waals surface area contributed by atoms with E-state index >= 15 is 0 Å². The molecule has 2 aromatic heterocycles. The largest absolute Gasteiger partial charge is 0.481 e. The van der Waals surface area contributed by atoms with Crippen LogP contribution in [0.3, 0.4) is 0 Å². The highest BCUT2D eigenvalue weighted by Crippen LogP contribution is 2.32. The zero-order chi connectivity index (χ0) is 19.1. The van der Waals surface area contributed by atoms with Crippen molar-refractivity contribution in [1.29, 1.82) is 0 Å². The van der Waals surface area contributed by atoms with Gasteiger partial charge in [0.1, 0.15) is 5.52 Å². The van der Waals surface area contributed by atoms with Gasteiger partial charge in [-0.3, -0.25) is 4.79 Å². The van der Waals surface area contributed by atoms with Crippen LogP contribution in [0.2, 0.25) is 0 Å². The SMILES string of the molecule is Cc1ccccc1-n1nc2c(N3CCCC(C(=O)O)C3)nnc(C)c2c1C. The van der Waals surface area contributed by atoms with E-state index in [2.05, 4.69) is 23.2 Å². The summed E-state index contributed by atoms with van der Waals surface area (Å²) in [5, 5.41) is 24.0. The highest BCUT2D eigenvalue weighted by Gasteiger charge is 2.29. The lowest BCUT2D eigenvalue weighted by Gasteiger charge is -2.31. The normalized spacial score (nSPS) is 17.4. The minimum absolute atomic E-state index is 0.378. The fourth-order valence-corrected chi connectivity index (χ4v) is 3.93. The molecule has 1 N–H and O–H groups in total. The second-order valence-electron chi connectivity index (χ2n) is 7.24. The molecule has 7 heteroatoms. The Bertz CT molecular complexity index is 1030. The number of benzene rings is 1. The zero-order valence-electron chi connectivity index (χ0n) is 15.8. The van der Waals surface area contributed by atoms with Crippen molar-refractivity contribution in [3.63, 3.8) is 0 Å². The molecule has 140 valence electrons. The molecular formula is C20H23N5O2. The van der Waals surface area contributed by atoms with Crippen molar-refractivity contribution in [1.82, 2.24) is 20.0 Å². The minimum atomic E-state index is -0.752. The summed E-state index contributed by atoms with van der Waals surface area (Å²) in [7, 11) is 0. The van der Waals surface area contributed by atoms with Crippen LogP contribution in [0.1, 0.15) is 29.8 Å². The minimum Gasteiger partial charge on any atom is -0.481 e. The molecule has 1 atom stereocenters. The fraction of sp³-hybridized carbons (Fsp3) is 0.400. The topological polar surface area (TPSA) is 84.1 Å². The molecule has 0 bridgehead atoms. The molecule has 0 radical (unpaired) electrons. The molecule has 1 aromatic carbocycles. The number of aryl methyl sites for hydroxylation is 3. The van der Waals surface area contributed by atoms with Gasteiger partial charge in [0, 0.05) is 13.1 Å². The number of aromatic nitrogens is 4. The molecule has 1 aliphatic heterocycles. The van der Waals surface area contributed by atoms with Gasteiger partial charge in [-0.05, 0) is 45.2 Å². The molecule has 27 heavy (non-hydrogen) atoms. The Morgan fingerprint density at radius 1 is 1.19 bits per heavy atom. The average molecular weight is 365 g/mol. The maximum Gasteiger partial charge on any atom is 0.308 e. The number of hydrogen-bond acceptors (Lipinski definition) is 5. The first-order valence-corrected chi connectivity index (χ1v) is 9.23. The molecule has 3 heterocycles. The number of carboxylic acids is 1. The van der Waals surface area contributed by atoms with E-state index in [0.29, 0.717) is 18.8 Å². The molecule has 7 nitrogen and oxygen atoms in total. The van der Waals surface area contributed by atoms with E-state index in [1.165, 1.54) is 0 Å². The Balaban J connectivity index is 1.86. The van der Waals surface area contributed by atoms with Gasteiger partial charge in [-0.2, -0.15) is 10.2 Å². The van der Waals surface area contributed by atoms with E-state index < -0.39 is 5.97 Å². The van der Waals surface area contributed by atoms with E-state index in [0.717, 1.165) is 46.5 Å². The monoisotopic (exact) mass is 365 g/mol. The van der Waals surface area contributed by atoms with E-state index in [1.54, 1.807) is 0 Å². The Labute approximate surface area is 157 Å². The highest BCUT2D eigenvalue weighted by molar-refractivity contribution is 5.92. The zero-order valence-corrected chi connectivity index (χ0v) is 15.8. The number of nitrogens with zero attached hydrogens (tertiary/aromatic N) is 5. The third-order valence-corrected chi connectivity index (χ3v) is 5.40. The number of piperidine rings is 1. The molecule has 1 aliphatic rings. The van der Waals surface area contributed by atoms with Gasteiger partial charge in [0.2, 0.25) is 0 Å². The van der Waals surface area contributed by atoms with Gasteiger partial charge in [0.25, 0.3) is 0 Å². The van der Waals surface area contributed by atoms with Gasteiger partial charge in [-0.15, -0.1) is 5.10 Å². The van der Waals surface area contributed by atoms with Crippen LogP contribution in [0.25, 0.3) is 16.6 Å². The second-order valence-corrected chi connectivity index (χ2v) is 7.24. The maximum absolute atomic E-state index is 11.4. The molecule has 0 aliphatic carbocycles. The van der Waals surface area contributed by atoms with Crippen LogP contribution in [0, 0.1) is 26.7 Å². The lowest BCUT2D eigenvalue weighted by molar-refractivity contribution is -0.141. The Hall–Kier alpha value is -2.96. The van der Waals surface area contributed by atoms with Crippen molar-refractivity contribution in [2.24, 2.45) is 5.92 Å². The molecular weight excluding hydrogens is 342 g/mol. The van der Waals surface area contributed by atoms with Crippen molar-refractivity contribution in [2.45, 2.75) is 33.6 Å². The molecule has 0 saturated carbocycles. The Kier molecular flexibility index (Phi) is 4.30. The summed E-state index contributed by atoms with van der Waals surface area (Å²) in [5.41, 5.74) is 4.79. The first-order chi connectivity index (χ1) is 13.0. The summed E-state index contributed by atoms with van der Waals surface area (Å²) < 4.78 is 1.94.